The predicted molar refractivity (Wildman–Crippen MR) is 120 cm³/mol. The van der Waals surface area contributed by atoms with Crippen LogP contribution in [-0.4, -0.2) is 39.6 Å². The highest BCUT2D eigenvalue weighted by Gasteiger charge is 2.23. The third-order valence-corrected chi connectivity index (χ3v) is 5.78. The Morgan fingerprint density at radius 2 is 1.70 bits per heavy atom. The molecular formula is C22H29N3O4S. The molecule has 0 aliphatic heterocycles. The lowest BCUT2D eigenvalue weighted by atomic mass is 10.1. The number of hydrogen-bond acceptors (Lipinski definition) is 4. The molecule has 2 amide bonds. The van der Waals surface area contributed by atoms with Crippen LogP contribution in [-0.2, 0) is 14.8 Å². The molecule has 7 nitrogen and oxygen atoms in total. The Bertz CT molecular complexity index is 1030. The van der Waals surface area contributed by atoms with Crippen molar-refractivity contribution in [2.24, 2.45) is 5.92 Å². The highest BCUT2D eigenvalue weighted by Crippen LogP contribution is 2.25. The van der Waals surface area contributed by atoms with Gasteiger partial charge >= 0.3 is 0 Å². The SMILES string of the molecule is Cc1cccc(N(CC(=O)Nc2ccccc2C(=O)NCC(C)C)S(C)(=O)=O)c1C. The molecule has 2 N–H and O–H groups in total. The summed E-state index contributed by atoms with van der Waals surface area (Å²) in [5.74, 6) is -0.545. The minimum absolute atomic E-state index is 0.289. The van der Waals surface area contributed by atoms with E-state index >= 15 is 0 Å². The molecule has 0 heterocycles. The molecule has 0 bridgehead atoms. The van der Waals surface area contributed by atoms with Gasteiger partial charge in [0.1, 0.15) is 6.54 Å². The molecular weight excluding hydrogens is 402 g/mol. The number of anilines is 2. The van der Waals surface area contributed by atoms with Crippen molar-refractivity contribution in [2.75, 3.05) is 29.0 Å². The Kier molecular flexibility index (Phi) is 7.61. The second-order valence-electron chi connectivity index (χ2n) is 7.69. The summed E-state index contributed by atoms with van der Waals surface area (Å²) in [5.41, 5.74) is 2.82. The standard InChI is InChI=1S/C22H29N3O4S/c1-15(2)13-23-22(27)18-10-6-7-11-19(18)24-21(26)14-25(30(5,28)29)20-12-8-9-16(3)17(20)4/h6-12,15H,13-14H2,1-5H3,(H,23,27)(H,24,26). The molecule has 0 aliphatic carbocycles. The third-order valence-electron chi connectivity index (χ3n) is 4.65. The van der Waals surface area contributed by atoms with Crippen molar-refractivity contribution in [3.05, 3.63) is 59.2 Å². The first kappa shape index (κ1) is 23.4. The van der Waals surface area contributed by atoms with Gasteiger partial charge in [0.05, 0.1) is 23.2 Å². The van der Waals surface area contributed by atoms with Crippen molar-refractivity contribution in [1.29, 1.82) is 0 Å². The molecule has 0 aromatic heterocycles. The van der Waals surface area contributed by atoms with Crippen molar-refractivity contribution in [1.82, 2.24) is 5.32 Å². The number of hydrogen-bond donors (Lipinski definition) is 2. The number of rotatable bonds is 8. The zero-order valence-electron chi connectivity index (χ0n) is 18.0. The van der Waals surface area contributed by atoms with E-state index in [1.165, 1.54) is 0 Å². The summed E-state index contributed by atoms with van der Waals surface area (Å²) in [6, 6.07) is 11.9. The molecule has 0 saturated heterocycles. The monoisotopic (exact) mass is 431 g/mol. The smallest absolute Gasteiger partial charge is 0.253 e. The minimum atomic E-state index is -3.70. The van der Waals surface area contributed by atoms with Gasteiger partial charge in [0.25, 0.3) is 5.91 Å². The zero-order chi connectivity index (χ0) is 22.5. The van der Waals surface area contributed by atoms with Crippen LogP contribution in [0, 0.1) is 19.8 Å². The zero-order valence-corrected chi connectivity index (χ0v) is 18.8. The van der Waals surface area contributed by atoms with E-state index in [0.717, 1.165) is 21.7 Å². The highest BCUT2D eigenvalue weighted by atomic mass is 32.2. The number of amides is 2. The molecule has 0 atom stereocenters. The summed E-state index contributed by atoms with van der Waals surface area (Å²) < 4.78 is 25.9. The summed E-state index contributed by atoms with van der Waals surface area (Å²) in [6.07, 6.45) is 1.06. The van der Waals surface area contributed by atoms with Crippen LogP contribution >= 0.6 is 0 Å². The second-order valence-corrected chi connectivity index (χ2v) is 9.59. The van der Waals surface area contributed by atoms with Crippen LogP contribution in [0.2, 0.25) is 0 Å². The predicted octanol–water partition coefficient (Wildman–Crippen LogP) is 3.09. The molecule has 2 aromatic carbocycles. The number of carbonyl (C=O) groups is 2. The van der Waals surface area contributed by atoms with E-state index < -0.39 is 22.5 Å². The van der Waals surface area contributed by atoms with E-state index in [2.05, 4.69) is 10.6 Å². The van der Waals surface area contributed by atoms with E-state index in [0.29, 0.717) is 23.5 Å². The van der Waals surface area contributed by atoms with E-state index in [9.17, 15) is 18.0 Å². The van der Waals surface area contributed by atoms with Gasteiger partial charge in [-0.2, -0.15) is 0 Å². The summed E-state index contributed by atoms with van der Waals surface area (Å²) in [5, 5.41) is 5.50. The van der Waals surface area contributed by atoms with Crippen LogP contribution in [0.5, 0.6) is 0 Å². The lowest BCUT2D eigenvalue weighted by molar-refractivity contribution is -0.114. The third kappa shape index (κ3) is 6.06. The quantitative estimate of drug-likeness (QED) is 0.671. The van der Waals surface area contributed by atoms with Gasteiger partial charge in [-0.05, 0) is 49.1 Å². The molecule has 8 heteroatoms. The molecule has 162 valence electrons. The van der Waals surface area contributed by atoms with E-state index in [1.54, 1.807) is 36.4 Å². The van der Waals surface area contributed by atoms with E-state index in [-0.39, 0.29) is 11.8 Å². The maximum absolute atomic E-state index is 12.7. The molecule has 0 fully saturated rings. The first-order valence-corrected chi connectivity index (χ1v) is 11.6. The van der Waals surface area contributed by atoms with Crippen molar-refractivity contribution in [3.8, 4) is 0 Å². The number of carbonyl (C=O) groups excluding carboxylic acids is 2. The van der Waals surface area contributed by atoms with Gasteiger partial charge in [0.15, 0.2) is 0 Å². The fraction of sp³-hybridized carbons (Fsp3) is 0.364. The first-order chi connectivity index (χ1) is 14.0. The van der Waals surface area contributed by atoms with Crippen molar-refractivity contribution < 1.29 is 18.0 Å². The Labute approximate surface area is 178 Å². The van der Waals surface area contributed by atoms with Crippen molar-refractivity contribution in [2.45, 2.75) is 27.7 Å². The van der Waals surface area contributed by atoms with Crippen molar-refractivity contribution >= 4 is 33.2 Å². The fourth-order valence-electron chi connectivity index (χ4n) is 2.89. The topological polar surface area (TPSA) is 95.6 Å². The number of nitrogens with zero attached hydrogens (tertiary/aromatic N) is 1. The Morgan fingerprint density at radius 1 is 1.03 bits per heavy atom. The van der Waals surface area contributed by atoms with Crippen LogP contribution in [0.25, 0.3) is 0 Å². The molecule has 2 aromatic rings. The lowest BCUT2D eigenvalue weighted by Crippen LogP contribution is -2.38. The van der Waals surface area contributed by atoms with Crippen LogP contribution in [0.15, 0.2) is 42.5 Å². The molecule has 2 rings (SSSR count). The highest BCUT2D eigenvalue weighted by molar-refractivity contribution is 7.92. The van der Waals surface area contributed by atoms with E-state index in [1.807, 2.05) is 33.8 Å². The summed E-state index contributed by atoms with van der Waals surface area (Å²) in [7, 11) is -3.70. The van der Waals surface area contributed by atoms with Gasteiger partial charge < -0.3 is 10.6 Å². The van der Waals surface area contributed by atoms with Crippen LogP contribution in [0.1, 0.15) is 35.3 Å². The van der Waals surface area contributed by atoms with Crippen LogP contribution in [0.3, 0.4) is 0 Å². The van der Waals surface area contributed by atoms with Gasteiger partial charge in [-0.15, -0.1) is 0 Å². The van der Waals surface area contributed by atoms with Gasteiger partial charge in [-0.1, -0.05) is 38.1 Å². The summed E-state index contributed by atoms with van der Waals surface area (Å²) in [4.78, 5) is 25.2. The van der Waals surface area contributed by atoms with E-state index in [4.69, 9.17) is 0 Å². The Balaban J connectivity index is 2.25. The summed E-state index contributed by atoms with van der Waals surface area (Å²) >= 11 is 0. The molecule has 30 heavy (non-hydrogen) atoms. The minimum Gasteiger partial charge on any atom is -0.352 e. The average molecular weight is 432 g/mol. The number of benzene rings is 2. The number of sulfonamides is 1. The maximum Gasteiger partial charge on any atom is 0.253 e. The van der Waals surface area contributed by atoms with Crippen LogP contribution in [0.4, 0.5) is 11.4 Å². The summed E-state index contributed by atoms with van der Waals surface area (Å²) in [6.45, 7) is 7.78. The first-order valence-electron chi connectivity index (χ1n) is 9.71. The number of para-hydroxylation sites is 1. The van der Waals surface area contributed by atoms with Gasteiger partial charge in [0, 0.05) is 6.54 Å². The normalized spacial score (nSPS) is 11.3. The Hall–Kier alpha value is -2.87. The number of aryl methyl sites for hydroxylation is 1. The Morgan fingerprint density at radius 3 is 2.33 bits per heavy atom. The van der Waals surface area contributed by atoms with Gasteiger partial charge in [-0.25, -0.2) is 8.42 Å². The molecule has 0 aliphatic rings. The molecule has 0 spiro atoms. The molecule has 0 unspecified atom stereocenters. The number of nitrogens with one attached hydrogen (secondary N) is 2. The fourth-order valence-corrected chi connectivity index (χ4v) is 3.80. The average Bonchev–Trinajstić information content (AvgIpc) is 2.66. The van der Waals surface area contributed by atoms with Crippen molar-refractivity contribution in [3.63, 3.8) is 0 Å². The molecule has 0 radical (unpaired) electrons. The molecule has 0 saturated carbocycles. The maximum atomic E-state index is 12.7. The van der Waals surface area contributed by atoms with Gasteiger partial charge in [0.2, 0.25) is 15.9 Å². The van der Waals surface area contributed by atoms with Gasteiger partial charge in [-0.3, -0.25) is 13.9 Å². The largest absolute Gasteiger partial charge is 0.352 e. The lowest BCUT2D eigenvalue weighted by Gasteiger charge is -2.24. The second kappa shape index (κ2) is 9.75. The van der Waals surface area contributed by atoms with Crippen LogP contribution < -0.4 is 14.9 Å².